The molecule has 0 unspecified atom stereocenters. The molecule has 0 aromatic rings. The Kier molecular flexibility index (Phi) is 4.44. The lowest BCUT2D eigenvalue weighted by atomic mass is 9.45. The average Bonchev–Trinajstić information content (AvgIpc) is 3.15. The van der Waals surface area contributed by atoms with Gasteiger partial charge in [-0.2, -0.15) is 0 Å². The van der Waals surface area contributed by atoms with Crippen molar-refractivity contribution in [2.24, 2.45) is 57.7 Å². The summed E-state index contributed by atoms with van der Waals surface area (Å²) in [7, 11) is 0. The molecule has 0 aliphatic heterocycles. The van der Waals surface area contributed by atoms with Gasteiger partial charge in [-0.3, -0.25) is 4.79 Å². The summed E-state index contributed by atoms with van der Waals surface area (Å²) >= 11 is 0. The molecule has 0 bridgehead atoms. The second-order valence-corrected chi connectivity index (χ2v) is 12.9. The van der Waals surface area contributed by atoms with Crippen LogP contribution in [0.4, 0.5) is 0 Å². The van der Waals surface area contributed by atoms with E-state index in [4.69, 9.17) is 0 Å². The molecule has 5 aliphatic rings. The van der Waals surface area contributed by atoms with Crippen molar-refractivity contribution in [1.29, 1.82) is 0 Å². The van der Waals surface area contributed by atoms with Gasteiger partial charge in [-0.15, -0.1) is 0 Å². The van der Waals surface area contributed by atoms with E-state index in [1.54, 1.807) is 0 Å². The van der Waals surface area contributed by atoms with Gasteiger partial charge in [0.25, 0.3) is 0 Å². The number of carbonyl (C=O) groups excluding carboxylic acids is 1. The van der Waals surface area contributed by atoms with Crippen LogP contribution in [0.5, 0.6) is 0 Å². The van der Waals surface area contributed by atoms with Gasteiger partial charge in [-0.05, 0) is 97.2 Å². The predicted octanol–water partition coefficient (Wildman–Crippen LogP) is 7.29. The molecular formula is C27H44O. The van der Waals surface area contributed by atoms with Gasteiger partial charge < -0.3 is 0 Å². The molecule has 0 radical (unpaired) electrons. The third kappa shape index (κ3) is 2.40. The zero-order chi connectivity index (χ0) is 19.9. The van der Waals surface area contributed by atoms with Crippen LogP contribution >= 0.6 is 0 Å². The summed E-state index contributed by atoms with van der Waals surface area (Å²) in [6.45, 7) is 12.5. The van der Waals surface area contributed by atoms with Crippen molar-refractivity contribution in [3.8, 4) is 0 Å². The maximum atomic E-state index is 13.4. The van der Waals surface area contributed by atoms with Crippen LogP contribution in [-0.4, -0.2) is 5.78 Å². The second-order valence-electron chi connectivity index (χ2n) is 12.9. The molecule has 1 spiro atoms. The highest BCUT2D eigenvalue weighted by Gasteiger charge is 2.77. The SMILES string of the molecule is CC(C)CCC[C@@H](C)[C@H]1CC[C@H]2[C@@H]3CC(=O)[C@@]45C[C@H]4CC[C@]5(C)[C@H]3CC[C@]12C. The van der Waals surface area contributed by atoms with Gasteiger partial charge in [0, 0.05) is 11.8 Å². The van der Waals surface area contributed by atoms with Crippen LogP contribution in [0.25, 0.3) is 0 Å². The Labute approximate surface area is 173 Å². The van der Waals surface area contributed by atoms with Crippen LogP contribution in [0.1, 0.15) is 105 Å². The molecule has 0 N–H and O–H groups in total. The molecule has 0 aromatic heterocycles. The van der Waals surface area contributed by atoms with E-state index in [0.717, 1.165) is 41.9 Å². The largest absolute Gasteiger partial charge is 0.299 e. The van der Waals surface area contributed by atoms with Crippen LogP contribution in [-0.2, 0) is 4.79 Å². The zero-order valence-electron chi connectivity index (χ0n) is 19.2. The number of hydrogen-bond acceptors (Lipinski definition) is 1. The smallest absolute Gasteiger partial charge is 0.140 e. The first-order valence-corrected chi connectivity index (χ1v) is 12.8. The third-order valence-electron chi connectivity index (χ3n) is 11.5. The Bertz CT molecular complexity index is 651. The summed E-state index contributed by atoms with van der Waals surface area (Å²) in [5.41, 5.74) is 1.03. The highest BCUT2D eigenvalue weighted by molar-refractivity contribution is 5.91. The molecule has 0 amide bonds. The number of carbonyl (C=O) groups is 1. The highest BCUT2D eigenvalue weighted by atomic mass is 16.1. The minimum absolute atomic E-state index is 0.157. The standard InChI is InChI=1S/C27H44O/c1-17(2)7-6-8-18(3)21-9-10-22-20-15-24(28)27-16-19(27)11-14-26(27,5)23(20)12-13-25(21,22)4/h17-23H,6-16H2,1-5H3/t18-,19-,20+,21-,22+,23+,25-,26-,27-/m1/s1. The van der Waals surface area contributed by atoms with Crippen molar-refractivity contribution in [3.63, 3.8) is 0 Å². The van der Waals surface area contributed by atoms with Gasteiger partial charge in [-0.25, -0.2) is 0 Å². The third-order valence-corrected chi connectivity index (χ3v) is 11.5. The molecule has 5 aliphatic carbocycles. The molecule has 9 atom stereocenters. The number of rotatable bonds is 5. The van der Waals surface area contributed by atoms with E-state index in [1.165, 1.54) is 64.2 Å². The van der Waals surface area contributed by atoms with Crippen molar-refractivity contribution >= 4 is 5.78 Å². The average molecular weight is 385 g/mol. The Hall–Kier alpha value is -0.330. The molecule has 1 heteroatoms. The van der Waals surface area contributed by atoms with E-state index >= 15 is 0 Å². The number of Topliss-reactive ketones (excluding diaryl/α,β-unsaturated/α-hetero) is 1. The van der Waals surface area contributed by atoms with Crippen LogP contribution in [0.3, 0.4) is 0 Å². The summed E-state index contributed by atoms with van der Waals surface area (Å²) < 4.78 is 0. The minimum Gasteiger partial charge on any atom is -0.299 e. The lowest BCUT2D eigenvalue weighted by molar-refractivity contribution is -0.151. The summed E-state index contributed by atoms with van der Waals surface area (Å²) in [5, 5.41) is 0. The number of ketones is 1. The van der Waals surface area contributed by atoms with Crippen LogP contribution in [0.2, 0.25) is 0 Å². The molecule has 0 aromatic carbocycles. The Balaban J connectivity index is 1.35. The fraction of sp³-hybridized carbons (Fsp3) is 0.963. The van der Waals surface area contributed by atoms with E-state index in [9.17, 15) is 4.79 Å². The van der Waals surface area contributed by atoms with Gasteiger partial charge in [0.2, 0.25) is 0 Å². The zero-order valence-corrected chi connectivity index (χ0v) is 19.2. The second kappa shape index (κ2) is 6.34. The van der Waals surface area contributed by atoms with E-state index in [0.29, 0.717) is 22.5 Å². The van der Waals surface area contributed by atoms with Crippen molar-refractivity contribution in [3.05, 3.63) is 0 Å². The normalized spacial score (nSPS) is 52.8. The van der Waals surface area contributed by atoms with Crippen LogP contribution in [0, 0.1) is 57.7 Å². The minimum atomic E-state index is 0.157. The van der Waals surface area contributed by atoms with E-state index in [-0.39, 0.29) is 5.41 Å². The maximum absolute atomic E-state index is 13.4. The van der Waals surface area contributed by atoms with E-state index in [1.807, 2.05) is 0 Å². The van der Waals surface area contributed by atoms with Gasteiger partial charge in [0.1, 0.15) is 5.78 Å². The van der Waals surface area contributed by atoms with E-state index in [2.05, 4.69) is 34.6 Å². The maximum Gasteiger partial charge on any atom is 0.140 e. The van der Waals surface area contributed by atoms with Crippen molar-refractivity contribution < 1.29 is 4.79 Å². The van der Waals surface area contributed by atoms with Crippen LogP contribution in [0.15, 0.2) is 0 Å². The Morgan fingerprint density at radius 2 is 1.75 bits per heavy atom. The number of hydrogen-bond donors (Lipinski definition) is 0. The first-order chi connectivity index (χ1) is 13.2. The molecule has 158 valence electrons. The fourth-order valence-electron chi connectivity index (χ4n) is 10.0. The van der Waals surface area contributed by atoms with Crippen molar-refractivity contribution in [2.75, 3.05) is 0 Å². The van der Waals surface area contributed by atoms with Crippen molar-refractivity contribution in [1.82, 2.24) is 0 Å². The van der Waals surface area contributed by atoms with Gasteiger partial charge >= 0.3 is 0 Å². The van der Waals surface area contributed by atoms with Crippen LogP contribution < -0.4 is 0 Å². The molecule has 28 heavy (non-hydrogen) atoms. The summed E-state index contributed by atoms with van der Waals surface area (Å²) in [5.74, 6) is 6.49. The molecule has 0 saturated heterocycles. The fourth-order valence-corrected chi connectivity index (χ4v) is 10.0. The quantitative estimate of drug-likeness (QED) is 0.486. The predicted molar refractivity (Wildman–Crippen MR) is 116 cm³/mol. The van der Waals surface area contributed by atoms with E-state index < -0.39 is 0 Å². The summed E-state index contributed by atoms with van der Waals surface area (Å²) in [6.07, 6.45) is 14.8. The lowest BCUT2D eigenvalue weighted by Gasteiger charge is -2.58. The first-order valence-electron chi connectivity index (χ1n) is 12.8. The summed E-state index contributed by atoms with van der Waals surface area (Å²) in [6, 6.07) is 0. The number of fused-ring (bicyclic) bond motifs is 4. The molecular weight excluding hydrogens is 340 g/mol. The van der Waals surface area contributed by atoms with Gasteiger partial charge in [0.15, 0.2) is 0 Å². The molecule has 5 saturated carbocycles. The topological polar surface area (TPSA) is 17.1 Å². The molecule has 0 heterocycles. The van der Waals surface area contributed by atoms with Gasteiger partial charge in [-0.1, -0.05) is 53.9 Å². The monoisotopic (exact) mass is 384 g/mol. The molecule has 5 fully saturated rings. The Morgan fingerprint density at radius 1 is 0.964 bits per heavy atom. The highest BCUT2D eigenvalue weighted by Crippen LogP contribution is 2.80. The molecule has 5 rings (SSSR count). The molecule has 1 nitrogen and oxygen atoms in total. The first kappa shape index (κ1) is 19.6. The van der Waals surface area contributed by atoms with Crippen molar-refractivity contribution in [2.45, 2.75) is 105 Å². The van der Waals surface area contributed by atoms with Gasteiger partial charge in [0.05, 0.1) is 0 Å². The summed E-state index contributed by atoms with van der Waals surface area (Å²) in [4.78, 5) is 13.4. The lowest BCUT2D eigenvalue weighted by Crippen LogP contribution is -2.55. The Morgan fingerprint density at radius 3 is 2.46 bits per heavy atom.